The zero-order valence-electron chi connectivity index (χ0n) is 12.6. The standard InChI is InChI=1S/C18H17ClN2OS/c19-13-3-4-14-15(11-20-16(14)10-13)12-5-7-21(8-6-12)18(22)17-2-1-9-23-17/h1-4,9-12,20H,5-8H2. The molecule has 3 nitrogen and oxygen atoms in total. The van der Waals surface area contributed by atoms with Crippen molar-refractivity contribution in [2.45, 2.75) is 18.8 Å². The molecule has 1 fully saturated rings. The quantitative estimate of drug-likeness (QED) is 0.705. The van der Waals surface area contributed by atoms with Gasteiger partial charge in [0.15, 0.2) is 0 Å². The second kappa shape index (κ2) is 6.02. The number of nitrogens with one attached hydrogen (secondary N) is 1. The Morgan fingerprint density at radius 2 is 2.09 bits per heavy atom. The maximum Gasteiger partial charge on any atom is 0.263 e. The summed E-state index contributed by atoms with van der Waals surface area (Å²) in [5, 5.41) is 3.96. The van der Waals surface area contributed by atoms with Crippen LogP contribution in [-0.2, 0) is 0 Å². The van der Waals surface area contributed by atoms with E-state index in [0.29, 0.717) is 5.92 Å². The number of nitrogens with zero attached hydrogens (tertiary/aromatic N) is 1. The van der Waals surface area contributed by atoms with Gasteiger partial charge in [-0.05, 0) is 47.9 Å². The molecule has 1 aromatic carbocycles. The Balaban J connectivity index is 1.49. The minimum absolute atomic E-state index is 0.171. The number of carbonyl (C=O) groups excluding carboxylic acids is 1. The molecular weight excluding hydrogens is 328 g/mol. The van der Waals surface area contributed by atoms with E-state index in [2.05, 4.69) is 17.2 Å². The molecule has 0 radical (unpaired) electrons. The Hall–Kier alpha value is -1.78. The van der Waals surface area contributed by atoms with Gasteiger partial charge in [-0.25, -0.2) is 0 Å². The zero-order chi connectivity index (χ0) is 15.8. The molecule has 0 saturated carbocycles. The van der Waals surface area contributed by atoms with E-state index >= 15 is 0 Å². The highest BCUT2D eigenvalue weighted by Crippen LogP contribution is 2.34. The second-order valence-corrected chi connectivity index (χ2v) is 7.36. The average molecular weight is 345 g/mol. The number of likely N-dealkylation sites (tertiary alicyclic amines) is 1. The number of piperidine rings is 1. The Labute approximate surface area is 143 Å². The van der Waals surface area contributed by atoms with Crippen molar-refractivity contribution in [2.75, 3.05) is 13.1 Å². The van der Waals surface area contributed by atoms with E-state index in [4.69, 9.17) is 11.6 Å². The lowest BCUT2D eigenvalue weighted by molar-refractivity contribution is 0.0718. The average Bonchev–Trinajstić information content (AvgIpc) is 3.23. The van der Waals surface area contributed by atoms with Crippen molar-refractivity contribution in [1.82, 2.24) is 9.88 Å². The summed E-state index contributed by atoms with van der Waals surface area (Å²) < 4.78 is 0. The van der Waals surface area contributed by atoms with Crippen LogP contribution in [0.15, 0.2) is 41.9 Å². The highest BCUT2D eigenvalue weighted by Gasteiger charge is 2.26. The summed E-state index contributed by atoms with van der Waals surface area (Å²) in [5.41, 5.74) is 2.43. The Morgan fingerprint density at radius 1 is 1.26 bits per heavy atom. The smallest absolute Gasteiger partial charge is 0.263 e. The molecule has 0 bridgehead atoms. The van der Waals surface area contributed by atoms with Gasteiger partial charge in [0.25, 0.3) is 5.91 Å². The fraction of sp³-hybridized carbons (Fsp3) is 0.278. The first kappa shape index (κ1) is 14.8. The van der Waals surface area contributed by atoms with Gasteiger partial charge < -0.3 is 9.88 Å². The predicted molar refractivity (Wildman–Crippen MR) is 95.5 cm³/mol. The largest absolute Gasteiger partial charge is 0.361 e. The van der Waals surface area contributed by atoms with Gasteiger partial charge in [0.2, 0.25) is 0 Å². The molecule has 1 saturated heterocycles. The van der Waals surface area contributed by atoms with Crippen molar-refractivity contribution in [1.29, 1.82) is 0 Å². The number of carbonyl (C=O) groups is 1. The zero-order valence-corrected chi connectivity index (χ0v) is 14.2. The van der Waals surface area contributed by atoms with Crippen LogP contribution in [0.2, 0.25) is 5.02 Å². The number of rotatable bonds is 2. The summed E-state index contributed by atoms with van der Waals surface area (Å²) in [6.07, 6.45) is 4.11. The number of H-pyrrole nitrogens is 1. The van der Waals surface area contributed by atoms with Crippen LogP contribution < -0.4 is 0 Å². The molecule has 0 unspecified atom stereocenters. The first-order valence-corrected chi connectivity index (χ1v) is 9.07. The third-order valence-electron chi connectivity index (χ3n) is 4.63. The van der Waals surface area contributed by atoms with E-state index in [9.17, 15) is 4.79 Å². The molecule has 1 amide bonds. The van der Waals surface area contributed by atoms with Crippen LogP contribution in [0.25, 0.3) is 10.9 Å². The summed E-state index contributed by atoms with van der Waals surface area (Å²) in [4.78, 5) is 18.6. The van der Waals surface area contributed by atoms with Crippen molar-refractivity contribution >= 4 is 39.7 Å². The number of hydrogen-bond donors (Lipinski definition) is 1. The molecular formula is C18H17ClN2OS. The Kier molecular flexibility index (Phi) is 3.87. The second-order valence-electron chi connectivity index (χ2n) is 5.98. The van der Waals surface area contributed by atoms with Crippen molar-refractivity contribution in [2.24, 2.45) is 0 Å². The molecule has 5 heteroatoms. The highest BCUT2D eigenvalue weighted by atomic mass is 35.5. The maximum atomic E-state index is 12.4. The molecule has 0 spiro atoms. The molecule has 1 aliphatic rings. The van der Waals surface area contributed by atoms with E-state index in [0.717, 1.165) is 41.3 Å². The summed E-state index contributed by atoms with van der Waals surface area (Å²) in [7, 11) is 0. The van der Waals surface area contributed by atoms with Gasteiger partial charge in [-0.2, -0.15) is 0 Å². The van der Waals surface area contributed by atoms with Gasteiger partial charge >= 0.3 is 0 Å². The van der Waals surface area contributed by atoms with Crippen LogP contribution in [0.3, 0.4) is 0 Å². The topological polar surface area (TPSA) is 36.1 Å². The number of aromatic nitrogens is 1. The lowest BCUT2D eigenvalue weighted by atomic mass is 9.89. The van der Waals surface area contributed by atoms with Crippen LogP contribution in [-0.4, -0.2) is 28.9 Å². The minimum Gasteiger partial charge on any atom is -0.361 e. The summed E-state index contributed by atoms with van der Waals surface area (Å²) in [6, 6.07) is 9.84. The number of halogens is 1. The summed E-state index contributed by atoms with van der Waals surface area (Å²) in [6.45, 7) is 1.64. The Morgan fingerprint density at radius 3 is 2.83 bits per heavy atom. The third kappa shape index (κ3) is 2.77. The molecule has 1 aliphatic heterocycles. The number of amides is 1. The van der Waals surface area contributed by atoms with E-state index in [-0.39, 0.29) is 5.91 Å². The Bertz CT molecular complexity index is 832. The minimum atomic E-state index is 0.171. The van der Waals surface area contributed by atoms with Crippen molar-refractivity contribution in [3.05, 3.63) is 57.4 Å². The molecule has 118 valence electrons. The van der Waals surface area contributed by atoms with Gasteiger partial charge in [0.05, 0.1) is 4.88 Å². The third-order valence-corrected chi connectivity index (χ3v) is 5.72. The van der Waals surface area contributed by atoms with Gasteiger partial charge in [0.1, 0.15) is 0 Å². The van der Waals surface area contributed by atoms with E-state index in [1.165, 1.54) is 22.3 Å². The summed E-state index contributed by atoms with van der Waals surface area (Å²) in [5.74, 6) is 0.668. The van der Waals surface area contributed by atoms with E-state index in [1.807, 2.05) is 34.5 Å². The number of fused-ring (bicyclic) bond motifs is 1. The van der Waals surface area contributed by atoms with Crippen molar-refractivity contribution in [3.63, 3.8) is 0 Å². The highest BCUT2D eigenvalue weighted by molar-refractivity contribution is 7.12. The SMILES string of the molecule is O=C(c1cccs1)N1CCC(c2c[nH]c3cc(Cl)ccc23)CC1. The van der Waals surface area contributed by atoms with Gasteiger partial charge in [0, 0.05) is 35.2 Å². The predicted octanol–water partition coefficient (Wildman–Crippen LogP) is 4.90. The summed E-state index contributed by atoms with van der Waals surface area (Å²) >= 11 is 7.57. The molecule has 1 N–H and O–H groups in total. The van der Waals surface area contributed by atoms with Crippen LogP contribution >= 0.6 is 22.9 Å². The molecule has 3 heterocycles. The molecule has 23 heavy (non-hydrogen) atoms. The van der Waals surface area contributed by atoms with Crippen LogP contribution in [0.4, 0.5) is 0 Å². The first-order valence-electron chi connectivity index (χ1n) is 7.81. The van der Waals surface area contributed by atoms with Gasteiger partial charge in [-0.3, -0.25) is 4.79 Å². The molecule has 2 aromatic heterocycles. The maximum absolute atomic E-state index is 12.4. The van der Waals surface area contributed by atoms with E-state index in [1.54, 1.807) is 0 Å². The number of hydrogen-bond acceptors (Lipinski definition) is 2. The van der Waals surface area contributed by atoms with Crippen LogP contribution in [0.5, 0.6) is 0 Å². The molecule has 0 atom stereocenters. The van der Waals surface area contributed by atoms with E-state index < -0.39 is 0 Å². The fourth-order valence-corrected chi connectivity index (χ4v) is 4.27. The lowest BCUT2D eigenvalue weighted by Crippen LogP contribution is -2.37. The van der Waals surface area contributed by atoms with Crippen LogP contribution in [0, 0.1) is 0 Å². The van der Waals surface area contributed by atoms with Crippen molar-refractivity contribution < 1.29 is 4.79 Å². The normalized spacial score (nSPS) is 16.1. The monoisotopic (exact) mass is 344 g/mol. The van der Waals surface area contributed by atoms with Gasteiger partial charge in [-0.1, -0.05) is 23.7 Å². The molecule has 4 rings (SSSR count). The van der Waals surface area contributed by atoms with Crippen molar-refractivity contribution in [3.8, 4) is 0 Å². The molecule has 0 aliphatic carbocycles. The number of benzene rings is 1. The first-order chi connectivity index (χ1) is 11.2. The number of thiophene rings is 1. The molecule has 3 aromatic rings. The lowest BCUT2D eigenvalue weighted by Gasteiger charge is -2.31. The number of aromatic amines is 1. The van der Waals surface area contributed by atoms with Crippen LogP contribution in [0.1, 0.15) is 34.0 Å². The van der Waals surface area contributed by atoms with Gasteiger partial charge in [-0.15, -0.1) is 11.3 Å². The fourth-order valence-electron chi connectivity index (χ4n) is 3.41.